The van der Waals surface area contributed by atoms with Gasteiger partial charge in [-0.1, -0.05) is 23.7 Å². The highest BCUT2D eigenvalue weighted by Gasteiger charge is 2.02. The zero-order chi connectivity index (χ0) is 11.3. The van der Waals surface area contributed by atoms with Crippen molar-refractivity contribution in [2.75, 3.05) is 0 Å². The highest BCUT2D eigenvalue weighted by molar-refractivity contribution is 6.31. The van der Waals surface area contributed by atoms with Crippen LogP contribution >= 0.6 is 11.6 Å². The molecule has 0 bridgehead atoms. The molecule has 15 heavy (non-hydrogen) atoms. The SMILES string of the molecule is CC(=NCc1c(C)cccc1Cl)NC#N. The Morgan fingerprint density at radius 3 is 2.93 bits per heavy atom. The third-order valence-electron chi connectivity index (χ3n) is 2.06. The van der Waals surface area contributed by atoms with Gasteiger partial charge in [-0.25, -0.2) is 0 Å². The molecule has 0 unspecified atom stereocenters. The first-order valence-electron chi connectivity index (χ1n) is 4.55. The maximum Gasteiger partial charge on any atom is 0.182 e. The molecule has 0 aliphatic carbocycles. The van der Waals surface area contributed by atoms with E-state index in [-0.39, 0.29) is 0 Å². The number of amidine groups is 1. The van der Waals surface area contributed by atoms with Gasteiger partial charge in [-0.05, 0) is 31.0 Å². The molecule has 4 heteroatoms. The fraction of sp³-hybridized carbons (Fsp3) is 0.273. The van der Waals surface area contributed by atoms with Gasteiger partial charge in [0.05, 0.1) is 6.54 Å². The summed E-state index contributed by atoms with van der Waals surface area (Å²) in [5, 5.41) is 11.6. The lowest BCUT2D eigenvalue weighted by molar-refractivity contribution is 1.02. The van der Waals surface area contributed by atoms with E-state index in [0.717, 1.165) is 11.1 Å². The van der Waals surface area contributed by atoms with Crippen LogP contribution in [0.1, 0.15) is 18.1 Å². The molecule has 0 saturated heterocycles. The van der Waals surface area contributed by atoms with Crippen molar-refractivity contribution >= 4 is 17.4 Å². The second kappa shape index (κ2) is 5.38. The second-order valence-electron chi connectivity index (χ2n) is 3.17. The topological polar surface area (TPSA) is 48.2 Å². The minimum absolute atomic E-state index is 0.492. The molecule has 0 atom stereocenters. The molecule has 1 N–H and O–H groups in total. The Hall–Kier alpha value is -1.53. The highest BCUT2D eigenvalue weighted by Crippen LogP contribution is 2.20. The molecule has 1 aromatic rings. The van der Waals surface area contributed by atoms with Crippen LogP contribution in [0.3, 0.4) is 0 Å². The average Bonchev–Trinajstić information content (AvgIpc) is 2.17. The minimum atomic E-state index is 0.492. The number of nitrogens with zero attached hydrogens (tertiary/aromatic N) is 2. The fourth-order valence-electron chi connectivity index (χ4n) is 1.18. The van der Waals surface area contributed by atoms with Gasteiger partial charge in [0.15, 0.2) is 6.19 Å². The molecule has 0 fully saturated rings. The summed E-state index contributed by atoms with van der Waals surface area (Å²) in [6, 6.07) is 5.74. The lowest BCUT2D eigenvalue weighted by Gasteiger charge is -2.05. The summed E-state index contributed by atoms with van der Waals surface area (Å²) in [6.07, 6.45) is 1.82. The van der Waals surface area contributed by atoms with Crippen LogP contribution in [0.5, 0.6) is 0 Å². The molecular formula is C11H12ClN3. The third kappa shape index (κ3) is 3.26. The minimum Gasteiger partial charge on any atom is -0.281 e. The number of nitrogens with one attached hydrogen (secondary N) is 1. The molecule has 0 radical (unpaired) electrons. The first-order chi connectivity index (χ1) is 7.15. The summed E-state index contributed by atoms with van der Waals surface area (Å²) in [4.78, 5) is 4.20. The van der Waals surface area contributed by atoms with Crippen LogP contribution in [0.15, 0.2) is 23.2 Å². The van der Waals surface area contributed by atoms with Gasteiger partial charge in [0.25, 0.3) is 0 Å². The number of benzene rings is 1. The Balaban J connectivity index is 2.82. The molecule has 0 amide bonds. The Labute approximate surface area is 94.4 Å². The second-order valence-corrected chi connectivity index (χ2v) is 3.58. The summed E-state index contributed by atoms with van der Waals surface area (Å²) >= 11 is 6.04. The number of hydrogen-bond donors (Lipinski definition) is 1. The maximum absolute atomic E-state index is 8.38. The molecular weight excluding hydrogens is 210 g/mol. The molecule has 0 aromatic heterocycles. The Morgan fingerprint density at radius 1 is 1.60 bits per heavy atom. The van der Waals surface area contributed by atoms with Crippen molar-refractivity contribution in [2.24, 2.45) is 4.99 Å². The number of rotatable bonds is 2. The van der Waals surface area contributed by atoms with Gasteiger partial charge in [-0.3, -0.25) is 10.3 Å². The van der Waals surface area contributed by atoms with Crippen LogP contribution in [0.25, 0.3) is 0 Å². The van der Waals surface area contributed by atoms with Crippen molar-refractivity contribution in [3.05, 3.63) is 34.3 Å². The summed E-state index contributed by atoms with van der Waals surface area (Å²) < 4.78 is 0. The van der Waals surface area contributed by atoms with E-state index in [2.05, 4.69) is 10.3 Å². The highest BCUT2D eigenvalue weighted by atomic mass is 35.5. The normalized spacial score (nSPS) is 10.9. The molecule has 0 spiro atoms. The van der Waals surface area contributed by atoms with Crippen molar-refractivity contribution in [3.63, 3.8) is 0 Å². The van der Waals surface area contributed by atoms with Crippen molar-refractivity contribution in [1.29, 1.82) is 5.26 Å². The van der Waals surface area contributed by atoms with Gasteiger partial charge < -0.3 is 0 Å². The van der Waals surface area contributed by atoms with Gasteiger partial charge >= 0.3 is 0 Å². The quantitative estimate of drug-likeness (QED) is 0.361. The predicted molar refractivity (Wildman–Crippen MR) is 61.8 cm³/mol. The zero-order valence-electron chi connectivity index (χ0n) is 8.71. The fourth-order valence-corrected chi connectivity index (χ4v) is 1.47. The van der Waals surface area contributed by atoms with Crippen LogP contribution < -0.4 is 5.32 Å². The van der Waals surface area contributed by atoms with Crippen molar-refractivity contribution in [2.45, 2.75) is 20.4 Å². The number of halogens is 1. The van der Waals surface area contributed by atoms with E-state index in [0.29, 0.717) is 17.4 Å². The molecule has 3 nitrogen and oxygen atoms in total. The number of aliphatic imine (C=N–C) groups is 1. The summed E-state index contributed by atoms with van der Waals surface area (Å²) in [5.74, 6) is 0.594. The van der Waals surface area contributed by atoms with E-state index in [1.54, 1.807) is 6.92 Å². The van der Waals surface area contributed by atoms with Crippen LogP contribution in [0, 0.1) is 18.4 Å². The van der Waals surface area contributed by atoms with Gasteiger partial charge in [-0.15, -0.1) is 0 Å². The molecule has 1 rings (SSSR count). The first kappa shape index (κ1) is 11.5. The maximum atomic E-state index is 8.38. The van der Waals surface area contributed by atoms with Crippen molar-refractivity contribution in [3.8, 4) is 6.19 Å². The number of hydrogen-bond acceptors (Lipinski definition) is 2. The van der Waals surface area contributed by atoms with E-state index >= 15 is 0 Å². The average molecular weight is 222 g/mol. The molecule has 0 aliphatic heterocycles. The van der Waals surface area contributed by atoms with E-state index in [9.17, 15) is 0 Å². The third-order valence-corrected chi connectivity index (χ3v) is 2.42. The van der Waals surface area contributed by atoms with Crippen LogP contribution in [-0.2, 0) is 6.54 Å². The standard InChI is InChI=1S/C11H12ClN3/c1-8-4-3-5-11(12)10(8)6-14-9(2)15-7-13/h3-5H,6H2,1-2H3,(H,14,15). The van der Waals surface area contributed by atoms with Gasteiger partial charge in [-0.2, -0.15) is 5.26 Å². The summed E-state index contributed by atoms with van der Waals surface area (Å²) in [5.41, 5.74) is 2.11. The number of nitriles is 1. The van der Waals surface area contributed by atoms with Crippen LogP contribution in [0.4, 0.5) is 0 Å². The predicted octanol–water partition coefficient (Wildman–Crippen LogP) is 2.64. The smallest absolute Gasteiger partial charge is 0.182 e. The number of aryl methyl sites for hydroxylation is 1. The largest absolute Gasteiger partial charge is 0.281 e. The Morgan fingerprint density at radius 2 is 2.33 bits per heavy atom. The Bertz CT molecular complexity index is 398. The van der Waals surface area contributed by atoms with Crippen LogP contribution in [-0.4, -0.2) is 5.84 Å². The van der Waals surface area contributed by atoms with E-state index in [4.69, 9.17) is 16.9 Å². The molecule has 0 heterocycles. The molecule has 0 aliphatic rings. The summed E-state index contributed by atoms with van der Waals surface area (Å²) in [6.45, 7) is 4.23. The van der Waals surface area contributed by atoms with Crippen LogP contribution in [0.2, 0.25) is 5.02 Å². The lowest BCUT2D eigenvalue weighted by Crippen LogP contribution is -2.13. The zero-order valence-corrected chi connectivity index (χ0v) is 9.47. The van der Waals surface area contributed by atoms with Gasteiger partial charge in [0.1, 0.15) is 5.84 Å². The first-order valence-corrected chi connectivity index (χ1v) is 4.93. The van der Waals surface area contributed by atoms with Crippen molar-refractivity contribution in [1.82, 2.24) is 5.32 Å². The molecule has 0 saturated carbocycles. The van der Waals surface area contributed by atoms with E-state index in [1.807, 2.05) is 31.3 Å². The van der Waals surface area contributed by atoms with E-state index < -0.39 is 0 Å². The van der Waals surface area contributed by atoms with Gasteiger partial charge in [0.2, 0.25) is 0 Å². The van der Waals surface area contributed by atoms with Crippen molar-refractivity contribution < 1.29 is 0 Å². The van der Waals surface area contributed by atoms with E-state index in [1.165, 1.54) is 0 Å². The van der Waals surface area contributed by atoms with Gasteiger partial charge in [0, 0.05) is 5.02 Å². The summed E-state index contributed by atoms with van der Waals surface area (Å²) in [7, 11) is 0. The lowest BCUT2D eigenvalue weighted by atomic mass is 10.1. The molecule has 1 aromatic carbocycles. The Kier molecular flexibility index (Phi) is 4.14. The molecule has 78 valence electrons. The monoisotopic (exact) mass is 221 g/mol.